The van der Waals surface area contributed by atoms with Gasteiger partial charge < -0.3 is 20.1 Å². The van der Waals surface area contributed by atoms with Gasteiger partial charge in [0.15, 0.2) is 0 Å². The Balaban J connectivity index is 1.55. The first-order chi connectivity index (χ1) is 13.9. The van der Waals surface area contributed by atoms with Crippen LogP contribution in [0.25, 0.3) is 0 Å². The Morgan fingerprint density at radius 3 is 2.34 bits per heavy atom. The Morgan fingerprint density at radius 1 is 1.03 bits per heavy atom. The highest BCUT2D eigenvalue weighted by molar-refractivity contribution is 6.05. The third-order valence-electron chi connectivity index (χ3n) is 4.65. The van der Waals surface area contributed by atoms with Gasteiger partial charge in [-0.05, 0) is 50.2 Å². The van der Waals surface area contributed by atoms with Crippen LogP contribution in [0.2, 0.25) is 0 Å². The van der Waals surface area contributed by atoms with Crippen LogP contribution < -0.4 is 15.4 Å². The molecule has 7 nitrogen and oxygen atoms in total. The van der Waals surface area contributed by atoms with Crippen LogP contribution in [-0.4, -0.2) is 55.7 Å². The lowest BCUT2D eigenvalue weighted by atomic mass is 10.2. The number of hydrogen-bond acceptors (Lipinski definition) is 5. The number of ether oxygens (including phenoxy) is 2. The predicted octanol–water partition coefficient (Wildman–Crippen LogP) is 3.00. The van der Waals surface area contributed by atoms with E-state index in [-0.39, 0.29) is 24.0 Å². The molecule has 2 aromatic rings. The van der Waals surface area contributed by atoms with Crippen LogP contribution in [-0.2, 0) is 9.53 Å². The molecule has 154 valence electrons. The number of rotatable bonds is 6. The van der Waals surface area contributed by atoms with Crippen molar-refractivity contribution in [3.05, 3.63) is 54.1 Å². The van der Waals surface area contributed by atoms with Crippen LogP contribution in [0.15, 0.2) is 48.5 Å². The molecule has 2 aromatic carbocycles. The lowest BCUT2D eigenvalue weighted by molar-refractivity contribution is -0.121. The number of para-hydroxylation sites is 2. The van der Waals surface area contributed by atoms with E-state index in [1.165, 1.54) is 0 Å². The molecule has 0 radical (unpaired) electrons. The summed E-state index contributed by atoms with van der Waals surface area (Å²) >= 11 is 0. The maximum atomic E-state index is 12.5. The monoisotopic (exact) mass is 397 g/mol. The maximum absolute atomic E-state index is 12.5. The van der Waals surface area contributed by atoms with Crippen LogP contribution in [0.5, 0.6) is 5.75 Å². The summed E-state index contributed by atoms with van der Waals surface area (Å²) in [4.78, 5) is 26.9. The second-order valence-corrected chi connectivity index (χ2v) is 7.23. The fourth-order valence-electron chi connectivity index (χ4n) is 3.46. The average molecular weight is 397 g/mol. The van der Waals surface area contributed by atoms with Crippen molar-refractivity contribution in [2.45, 2.75) is 26.1 Å². The van der Waals surface area contributed by atoms with Gasteiger partial charge in [0.2, 0.25) is 5.91 Å². The largest absolute Gasteiger partial charge is 0.495 e. The molecule has 2 N–H and O–H groups in total. The van der Waals surface area contributed by atoms with Crippen molar-refractivity contribution in [2.24, 2.45) is 0 Å². The number of nitrogens with one attached hydrogen (secondary N) is 2. The highest BCUT2D eigenvalue weighted by Gasteiger charge is 2.23. The lowest BCUT2D eigenvalue weighted by Crippen LogP contribution is -2.48. The van der Waals surface area contributed by atoms with Crippen molar-refractivity contribution in [1.29, 1.82) is 0 Å². The number of hydrogen-bond donors (Lipinski definition) is 2. The van der Waals surface area contributed by atoms with Crippen molar-refractivity contribution < 1.29 is 19.1 Å². The van der Waals surface area contributed by atoms with Crippen LogP contribution in [0.4, 0.5) is 11.4 Å². The Labute approximate surface area is 171 Å². The third kappa shape index (κ3) is 5.79. The summed E-state index contributed by atoms with van der Waals surface area (Å²) in [6.07, 6.45) is 0.236. The molecule has 0 spiro atoms. The highest BCUT2D eigenvalue weighted by Crippen LogP contribution is 2.24. The first-order valence-electron chi connectivity index (χ1n) is 9.66. The number of amides is 2. The molecule has 2 atom stereocenters. The van der Waals surface area contributed by atoms with Gasteiger partial charge in [0.05, 0.1) is 31.5 Å². The molecule has 3 rings (SSSR count). The van der Waals surface area contributed by atoms with Gasteiger partial charge in [-0.2, -0.15) is 0 Å². The van der Waals surface area contributed by atoms with E-state index in [9.17, 15) is 9.59 Å². The minimum atomic E-state index is -0.247. The normalized spacial score (nSPS) is 19.4. The quantitative estimate of drug-likeness (QED) is 0.783. The zero-order chi connectivity index (χ0) is 20.8. The standard InChI is InChI=1S/C22H27N3O4/c1-15-12-25(13-16(2)29-15)14-21(26)23-18-10-8-17(9-11-18)22(27)24-19-6-4-5-7-20(19)28-3/h4-11,15-16H,12-14H2,1-3H3,(H,23,26)(H,24,27)/t15-,16+. The Bertz CT molecular complexity index is 843. The number of benzene rings is 2. The number of morpholine rings is 1. The van der Waals surface area contributed by atoms with E-state index in [4.69, 9.17) is 9.47 Å². The van der Waals surface area contributed by atoms with Crippen LogP contribution in [0.3, 0.4) is 0 Å². The number of carbonyl (C=O) groups excluding carboxylic acids is 2. The van der Waals surface area contributed by atoms with Gasteiger partial charge in [-0.3, -0.25) is 14.5 Å². The maximum Gasteiger partial charge on any atom is 0.255 e. The molecule has 29 heavy (non-hydrogen) atoms. The molecule has 1 saturated heterocycles. The van der Waals surface area contributed by atoms with Gasteiger partial charge in [-0.1, -0.05) is 12.1 Å². The summed E-state index contributed by atoms with van der Waals surface area (Å²) in [5, 5.41) is 5.71. The molecule has 1 aliphatic heterocycles. The van der Waals surface area contributed by atoms with Gasteiger partial charge in [0.1, 0.15) is 5.75 Å². The summed E-state index contributed by atoms with van der Waals surface area (Å²) in [7, 11) is 1.56. The first kappa shape index (κ1) is 20.8. The third-order valence-corrected chi connectivity index (χ3v) is 4.65. The van der Waals surface area contributed by atoms with E-state index in [1.807, 2.05) is 26.0 Å². The Morgan fingerprint density at radius 2 is 1.69 bits per heavy atom. The number of carbonyl (C=O) groups is 2. The second kappa shape index (κ2) is 9.54. The summed E-state index contributed by atoms with van der Waals surface area (Å²) in [6, 6.07) is 14.0. The second-order valence-electron chi connectivity index (χ2n) is 7.23. The highest BCUT2D eigenvalue weighted by atomic mass is 16.5. The average Bonchev–Trinajstić information content (AvgIpc) is 2.68. The van der Waals surface area contributed by atoms with E-state index in [2.05, 4.69) is 15.5 Å². The topological polar surface area (TPSA) is 79.9 Å². The molecule has 0 unspecified atom stereocenters. The molecule has 2 amide bonds. The SMILES string of the molecule is COc1ccccc1NC(=O)c1ccc(NC(=O)CN2C[C@@H](C)O[C@@H](C)C2)cc1. The minimum absolute atomic E-state index is 0.0856. The van der Waals surface area contributed by atoms with Gasteiger partial charge in [0, 0.05) is 24.3 Å². The number of methoxy groups -OCH3 is 1. The van der Waals surface area contributed by atoms with Crippen molar-refractivity contribution in [2.75, 3.05) is 37.4 Å². The molecule has 0 aliphatic carbocycles. The van der Waals surface area contributed by atoms with Crippen molar-refractivity contribution in [3.8, 4) is 5.75 Å². The van der Waals surface area contributed by atoms with Crippen LogP contribution in [0, 0.1) is 0 Å². The summed E-state index contributed by atoms with van der Waals surface area (Å²) in [5.41, 5.74) is 1.74. The fraction of sp³-hybridized carbons (Fsp3) is 0.364. The molecular weight excluding hydrogens is 370 g/mol. The summed E-state index contributed by atoms with van der Waals surface area (Å²) < 4.78 is 10.9. The van der Waals surface area contributed by atoms with Crippen LogP contribution >= 0.6 is 0 Å². The van der Waals surface area contributed by atoms with Gasteiger partial charge >= 0.3 is 0 Å². The fourth-order valence-corrected chi connectivity index (χ4v) is 3.46. The first-order valence-corrected chi connectivity index (χ1v) is 9.66. The summed E-state index contributed by atoms with van der Waals surface area (Å²) in [5.74, 6) is 0.262. The molecule has 0 aromatic heterocycles. The molecule has 1 aliphatic rings. The predicted molar refractivity (Wildman–Crippen MR) is 112 cm³/mol. The lowest BCUT2D eigenvalue weighted by Gasteiger charge is -2.34. The van der Waals surface area contributed by atoms with Crippen molar-refractivity contribution >= 4 is 23.2 Å². The summed E-state index contributed by atoms with van der Waals surface area (Å²) in [6.45, 7) is 5.80. The zero-order valence-corrected chi connectivity index (χ0v) is 17.0. The smallest absolute Gasteiger partial charge is 0.255 e. The minimum Gasteiger partial charge on any atom is -0.495 e. The van der Waals surface area contributed by atoms with Gasteiger partial charge in [0.25, 0.3) is 5.91 Å². The van der Waals surface area contributed by atoms with Crippen LogP contribution in [0.1, 0.15) is 24.2 Å². The molecule has 7 heteroatoms. The van der Waals surface area contributed by atoms with E-state index in [1.54, 1.807) is 43.5 Å². The number of nitrogens with zero attached hydrogens (tertiary/aromatic N) is 1. The molecule has 0 bridgehead atoms. The molecular formula is C22H27N3O4. The Hall–Kier alpha value is -2.90. The van der Waals surface area contributed by atoms with Crippen molar-refractivity contribution in [1.82, 2.24) is 4.90 Å². The van der Waals surface area contributed by atoms with E-state index >= 15 is 0 Å². The van der Waals surface area contributed by atoms with Gasteiger partial charge in [-0.25, -0.2) is 0 Å². The van der Waals surface area contributed by atoms with E-state index in [0.717, 1.165) is 13.1 Å². The zero-order valence-electron chi connectivity index (χ0n) is 17.0. The Kier molecular flexibility index (Phi) is 6.85. The molecule has 0 saturated carbocycles. The van der Waals surface area contributed by atoms with Gasteiger partial charge in [-0.15, -0.1) is 0 Å². The molecule has 1 heterocycles. The number of anilines is 2. The van der Waals surface area contributed by atoms with E-state index < -0.39 is 0 Å². The van der Waals surface area contributed by atoms with Crippen molar-refractivity contribution in [3.63, 3.8) is 0 Å². The van der Waals surface area contributed by atoms with E-state index in [0.29, 0.717) is 29.2 Å². The molecule has 1 fully saturated rings.